The number of ether oxygens (including phenoxy) is 3. The SMILES string of the molecule is CCOC(=O)c1csc(=NC(=O)c2ccc(OC)cc2OC)n1CCC[NH-].[Ac]. The molecule has 8 nitrogen and oxygen atoms in total. The number of hydrogen-bond donors (Lipinski definition) is 0. The third-order valence-corrected chi connectivity index (χ3v) is 4.54. The quantitative estimate of drug-likeness (QED) is 0.423. The zero-order valence-corrected chi connectivity index (χ0v) is 21.6. The monoisotopic (exact) mass is 619 g/mol. The molecule has 2 aromatic rings. The van der Waals surface area contributed by atoms with Gasteiger partial charge in [-0.2, -0.15) is 4.99 Å². The van der Waals surface area contributed by atoms with Gasteiger partial charge in [0, 0.05) is 62.1 Å². The van der Waals surface area contributed by atoms with E-state index in [-0.39, 0.29) is 62.8 Å². The van der Waals surface area contributed by atoms with Gasteiger partial charge in [-0.25, -0.2) is 4.79 Å². The summed E-state index contributed by atoms with van der Waals surface area (Å²) in [5, 5.41) is 1.61. The second-order valence-electron chi connectivity index (χ2n) is 5.36. The zero-order valence-electron chi connectivity index (χ0n) is 16.1. The van der Waals surface area contributed by atoms with Crippen LogP contribution >= 0.6 is 11.3 Å². The Balaban J connectivity index is 0.00000392. The summed E-state index contributed by atoms with van der Waals surface area (Å²) in [5.41, 5.74) is 7.96. The Hall–Kier alpha value is -1.21. The van der Waals surface area contributed by atoms with Crippen molar-refractivity contribution < 1.29 is 67.9 Å². The van der Waals surface area contributed by atoms with E-state index in [1.807, 2.05) is 0 Å². The van der Waals surface area contributed by atoms with E-state index in [1.54, 1.807) is 35.1 Å². The molecule has 2 rings (SSSR count). The van der Waals surface area contributed by atoms with E-state index in [0.717, 1.165) is 0 Å². The molecular formula is C18H22AcN3O5S-. The minimum absolute atomic E-state index is 0. The van der Waals surface area contributed by atoms with Crippen LogP contribution in [0.25, 0.3) is 5.73 Å². The maximum Gasteiger partial charge on any atom is 0.355 e. The molecule has 0 aliphatic carbocycles. The number of nitrogens with one attached hydrogen (secondary N) is 1. The van der Waals surface area contributed by atoms with Gasteiger partial charge in [0.2, 0.25) is 0 Å². The molecule has 0 aliphatic heterocycles. The first kappa shape index (κ1) is 24.8. The summed E-state index contributed by atoms with van der Waals surface area (Å²) in [5.74, 6) is -0.0568. The van der Waals surface area contributed by atoms with Crippen LogP contribution in [0.2, 0.25) is 0 Å². The van der Waals surface area contributed by atoms with Gasteiger partial charge in [-0.1, -0.05) is 6.42 Å². The van der Waals surface area contributed by atoms with Crippen molar-refractivity contribution in [3.63, 3.8) is 0 Å². The van der Waals surface area contributed by atoms with E-state index in [4.69, 9.17) is 19.9 Å². The molecule has 1 N–H and O–H groups in total. The summed E-state index contributed by atoms with van der Waals surface area (Å²) in [6, 6.07) is 4.84. The Morgan fingerprint density at radius 1 is 1.25 bits per heavy atom. The summed E-state index contributed by atoms with van der Waals surface area (Å²) < 4.78 is 17.1. The first-order chi connectivity index (χ1) is 13.0. The second kappa shape index (κ2) is 12.4. The van der Waals surface area contributed by atoms with Crippen LogP contribution in [0.1, 0.15) is 34.2 Å². The molecule has 0 aliphatic rings. The van der Waals surface area contributed by atoms with Gasteiger partial charge in [0.15, 0.2) is 4.80 Å². The number of esters is 1. The molecule has 0 atom stereocenters. The number of aromatic nitrogens is 1. The third kappa shape index (κ3) is 6.14. The normalized spacial score (nSPS) is 10.9. The predicted molar refractivity (Wildman–Crippen MR) is 102 cm³/mol. The Bertz CT molecular complexity index is 878. The summed E-state index contributed by atoms with van der Waals surface area (Å²) in [6.07, 6.45) is 0.524. The van der Waals surface area contributed by atoms with Crippen molar-refractivity contribution in [1.82, 2.24) is 4.57 Å². The van der Waals surface area contributed by atoms with E-state index in [2.05, 4.69) is 4.99 Å². The fraction of sp³-hybridized carbons (Fsp3) is 0.389. The number of rotatable bonds is 8. The van der Waals surface area contributed by atoms with Crippen LogP contribution in [-0.4, -0.2) is 43.8 Å². The summed E-state index contributed by atoms with van der Waals surface area (Å²) in [6.45, 7) is 2.57. The molecule has 0 bridgehead atoms. The van der Waals surface area contributed by atoms with Gasteiger partial charge < -0.3 is 24.5 Å². The Morgan fingerprint density at radius 2 is 2.00 bits per heavy atom. The van der Waals surface area contributed by atoms with Gasteiger partial charge in [0.1, 0.15) is 17.2 Å². The van der Waals surface area contributed by atoms with Crippen molar-refractivity contribution in [1.29, 1.82) is 0 Å². The third-order valence-electron chi connectivity index (χ3n) is 3.68. The van der Waals surface area contributed by atoms with Crippen LogP contribution in [0, 0.1) is 44.1 Å². The van der Waals surface area contributed by atoms with Gasteiger partial charge in [0.05, 0.1) is 26.4 Å². The van der Waals surface area contributed by atoms with Crippen molar-refractivity contribution >= 4 is 23.2 Å². The van der Waals surface area contributed by atoms with Gasteiger partial charge in [-0.15, -0.1) is 17.9 Å². The fourth-order valence-corrected chi connectivity index (χ4v) is 3.26. The molecule has 0 spiro atoms. The van der Waals surface area contributed by atoms with Crippen LogP contribution in [-0.2, 0) is 11.3 Å². The number of carbonyl (C=O) groups excluding carboxylic acids is 2. The Morgan fingerprint density at radius 3 is 2.61 bits per heavy atom. The number of amides is 1. The number of nitrogens with zero attached hydrogens (tertiary/aromatic N) is 2. The molecule has 28 heavy (non-hydrogen) atoms. The number of methoxy groups -OCH3 is 2. The summed E-state index contributed by atoms with van der Waals surface area (Å²) in [4.78, 5) is 29.3. The second-order valence-corrected chi connectivity index (χ2v) is 6.20. The summed E-state index contributed by atoms with van der Waals surface area (Å²) in [7, 11) is 2.99. The van der Waals surface area contributed by atoms with Crippen molar-refractivity contribution in [2.45, 2.75) is 19.9 Å². The van der Waals surface area contributed by atoms with E-state index in [0.29, 0.717) is 35.0 Å². The number of thiazole rings is 1. The molecule has 1 amide bonds. The molecule has 10 heteroatoms. The fourth-order valence-electron chi connectivity index (χ4n) is 2.36. The van der Waals surface area contributed by atoms with Crippen LogP contribution in [0.15, 0.2) is 28.6 Å². The maximum atomic E-state index is 12.7. The van der Waals surface area contributed by atoms with Gasteiger partial charge in [-0.3, -0.25) is 4.79 Å². The number of benzene rings is 1. The van der Waals surface area contributed by atoms with Crippen LogP contribution in [0.3, 0.4) is 0 Å². The van der Waals surface area contributed by atoms with Crippen molar-refractivity contribution in [2.24, 2.45) is 4.99 Å². The average molecular weight is 619 g/mol. The standard InChI is InChI=1S/C18H22N3O5S.Ac/c1-4-26-17(23)14-11-27-18(21(14)9-5-8-19)20-16(22)13-7-6-12(24-2)10-15(13)25-3;/h6-7,10-11,19H,4-5,8-9H2,1-3H3;/q-1;. The molecule has 0 unspecified atom stereocenters. The van der Waals surface area contributed by atoms with Crippen LogP contribution in [0.5, 0.6) is 11.5 Å². The van der Waals surface area contributed by atoms with Crippen LogP contribution in [0.4, 0.5) is 0 Å². The van der Waals surface area contributed by atoms with Gasteiger partial charge >= 0.3 is 5.97 Å². The largest absolute Gasteiger partial charge is 0.677 e. The van der Waals surface area contributed by atoms with Gasteiger partial charge in [-0.05, 0) is 19.1 Å². The van der Waals surface area contributed by atoms with E-state index in [1.165, 1.54) is 25.6 Å². The molecule has 1 heterocycles. The predicted octanol–water partition coefficient (Wildman–Crippen LogP) is 2.93. The van der Waals surface area contributed by atoms with E-state index >= 15 is 0 Å². The van der Waals surface area contributed by atoms with Crippen molar-refractivity contribution in [3.05, 3.63) is 45.4 Å². The Labute approximate surface area is 203 Å². The minimum atomic E-state index is -0.494. The molecule has 1 aromatic heterocycles. The van der Waals surface area contributed by atoms with E-state index < -0.39 is 11.9 Å². The summed E-state index contributed by atoms with van der Waals surface area (Å²) >= 11 is 1.17. The van der Waals surface area contributed by atoms with E-state index in [9.17, 15) is 9.59 Å². The molecular weight excluding hydrogens is 597 g/mol. The molecule has 0 saturated carbocycles. The molecule has 0 saturated heterocycles. The maximum absolute atomic E-state index is 12.7. The van der Waals surface area contributed by atoms with Crippen molar-refractivity contribution in [3.8, 4) is 11.5 Å². The minimum Gasteiger partial charge on any atom is -0.677 e. The first-order valence-electron chi connectivity index (χ1n) is 8.36. The molecule has 1 aromatic carbocycles. The number of hydrogen-bond acceptors (Lipinski definition) is 6. The Kier molecular flexibility index (Phi) is 11.0. The smallest absolute Gasteiger partial charge is 0.355 e. The first-order valence-corrected chi connectivity index (χ1v) is 9.24. The topological polar surface area (TPSA) is 103 Å². The number of carbonyl (C=O) groups is 2. The van der Waals surface area contributed by atoms with Crippen LogP contribution < -0.4 is 14.3 Å². The molecule has 1 radical (unpaired) electrons. The average Bonchev–Trinajstić information content (AvgIpc) is 3.08. The molecule has 149 valence electrons. The van der Waals surface area contributed by atoms with Gasteiger partial charge in [0.25, 0.3) is 5.91 Å². The molecule has 0 fully saturated rings. The zero-order chi connectivity index (χ0) is 19.8. The van der Waals surface area contributed by atoms with Crippen molar-refractivity contribution in [2.75, 3.05) is 27.4 Å².